The third-order valence-corrected chi connectivity index (χ3v) is 4.78. The van der Waals surface area contributed by atoms with Gasteiger partial charge in [0.2, 0.25) is 0 Å². The molecule has 0 saturated carbocycles. The fraction of sp³-hybridized carbons (Fsp3) is 0.737. The molecule has 0 fully saturated rings. The molecule has 1 aromatic rings. The molecular formula is C19H33N3O. The molecule has 1 N–H and O–H groups in total. The molecule has 130 valence electrons. The molecule has 0 aromatic carbocycles. The molecule has 2 heterocycles. The van der Waals surface area contributed by atoms with Crippen LogP contribution in [0, 0.1) is 0 Å². The van der Waals surface area contributed by atoms with Gasteiger partial charge in [-0.3, -0.25) is 0 Å². The summed E-state index contributed by atoms with van der Waals surface area (Å²) in [7, 11) is 2.19. The van der Waals surface area contributed by atoms with E-state index in [0.29, 0.717) is 12.1 Å². The average molecular weight is 319 g/mol. The maximum absolute atomic E-state index is 5.49. The quantitative estimate of drug-likeness (QED) is 0.707. The normalized spacial score (nSPS) is 18.6. The second kappa shape index (κ2) is 9.24. The minimum Gasteiger partial charge on any atom is -0.380 e. The second-order valence-electron chi connectivity index (χ2n) is 6.84. The number of unbranched alkanes of at least 4 members (excludes halogenated alkanes) is 1. The van der Waals surface area contributed by atoms with Crippen LogP contribution in [-0.2, 0) is 17.6 Å². The molecule has 0 radical (unpaired) electrons. The van der Waals surface area contributed by atoms with Crippen molar-refractivity contribution in [3.63, 3.8) is 0 Å². The molecule has 0 spiro atoms. The lowest BCUT2D eigenvalue weighted by Gasteiger charge is -2.24. The summed E-state index contributed by atoms with van der Waals surface area (Å²) in [5.74, 6) is 1.11. The van der Waals surface area contributed by atoms with Gasteiger partial charge in [-0.15, -0.1) is 0 Å². The number of nitrogens with one attached hydrogen (secondary N) is 1. The molecule has 4 heteroatoms. The van der Waals surface area contributed by atoms with E-state index in [0.717, 1.165) is 38.4 Å². The highest BCUT2D eigenvalue weighted by Crippen LogP contribution is 2.23. The zero-order valence-electron chi connectivity index (χ0n) is 15.3. The lowest BCUT2D eigenvalue weighted by Crippen LogP contribution is -2.33. The first-order chi connectivity index (χ1) is 11.1. The van der Waals surface area contributed by atoms with Crippen molar-refractivity contribution in [2.45, 2.75) is 65.0 Å². The van der Waals surface area contributed by atoms with Crippen molar-refractivity contribution >= 4 is 5.82 Å². The Morgan fingerprint density at radius 3 is 3.00 bits per heavy atom. The molecule has 2 rings (SSSR count). The molecule has 0 saturated heterocycles. The monoisotopic (exact) mass is 319 g/mol. The second-order valence-corrected chi connectivity index (χ2v) is 6.84. The summed E-state index contributed by atoms with van der Waals surface area (Å²) in [5, 5.41) is 3.51. The molecular weight excluding hydrogens is 286 g/mol. The Bertz CT molecular complexity index is 478. The predicted molar refractivity (Wildman–Crippen MR) is 97.2 cm³/mol. The third-order valence-electron chi connectivity index (χ3n) is 4.78. The van der Waals surface area contributed by atoms with Crippen LogP contribution in [0.2, 0.25) is 0 Å². The number of ether oxygens (including phenoxy) is 1. The number of rotatable bonds is 9. The highest BCUT2D eigenvalue weighted by atomic mass is 16.5. The van der Waals surface area contributed by atoms with Crippen molar-refractivity contribution in [1.82, 2.24) is 9.88 Å². The number of aryl methyl sites for hydroxylation is 2. The molecule has 4 nitrogen and oxygen atoms in total. The summed E-state index contributed by atoms with van der Waals surface area (Å²) in [6.07, 6.45) is 5.82. The standard InChI is InChI=1S/C19H33N3O/c1-5-23-14-16(3)22(4)13-7-6-8-18-12-11-17-10-9-15(2)20-19(17)21-18/h11-12,15-16H,5-10,13-14H2,1-4H3,(H,20,21). The van der Waals surface area contributed by atoms with E-state index in [-0.39, 0.29) is 0 Å². The Morgan fingerprint density at radius 2 is 2.22 bits per heavy atom. The number of hydrogen-bond acceptors (Lipinski definition) is 4. The fourth-order valence-electron chi connectivity index (χ4n) is 2.98. The Morgan fingerprint density at radius 1 is 1.39 bits per heavy atom. The summed E-state index contributed by atoms with van der Waals surface area (Å²) < 4.78 is 5.49. The highest BCUT2D eigenvalue weighted by molar-refractivity contribution is 5.48. The van der Waals surface area contributed by atoms with Gasteiger partial charge in [0.05, 0.1) is 6.61 Å². The topological polar surface area (TPSA) is 37.4 Å². The number of anilines is 1. The summed E-state index contributed by atoms with van der Waals surface area (Å²) >= 11 is 0. The highest BCUT2D eigenvalue weighted by Gasteiger charge is 2.15. The van der Waals surface area contributed by atoms with E-state index in [9.17, 15) is 0 Å². The average Bonchev–Trinajstić information content (AvgIpc) is 2.55. The van der Waals surface area contributed by atoms with Gasteiger partial charge in [-0.2, -0.15) is 0 Å². The molecule has 2 unspecified atom stereocenters. The molecule has 1 aliphatic heterocycles. The van der Waals surface area contributed by atoms with Crippen LogP contribution in [0.3, 0.4) is 0 Å². The molecule has 0 amide bonds. The van der Waals surface area contributed by atoms with Crippen molar-refractivity contribution in [2.75, 3.05) is 32.1 Å². The van der Waals surface area contributed by atoms with E-state index in [1.54, 1.807) is 0 Å². The SMILES string of the molecule is CCOCC(C)N(C)CCCCc1ccc2c(n1)NC(C)CC2. The number of hydrogen-bond donors (Lipinski definition) is 1. The number of pyridine rings is 1. The van der Waals surface area contributed by atoms with Crippen LogP contribution in [0.1, 0.15) is 51.3 Å². The van der Waals surface area contributed by atoms with E-state index in [2.05, 4.69) is 43.2 Å². The van der Waals surface area contributed by atoms with Crippen molar-refractivity contribution in [3.8, 4) is 0 Å². The molecule has 0 aliphatic carbocycles. The summed E-state index contributed by atoms with van der Waals surface area (Å²) in [4.78, 5) is 7.20. The largest absolute Gasteiger partial charge is 0.380 e. The number of nitrogens with zero attached hydrogens (tertiary/aromatic N) is 2. The van der Waals surface area contributed by atoms with Gasteiger partial charge in [-0.25, -0.2) is 4.98 Å². The van der Waals surface area contributed by atoms with Crippen LogP contribution in [0.5, 0.6) is 0 Å². The first kappa shape index (κ1) is 18.2. The zero-order valence-corrected chi connectivity index (χ0v) is 15.3. The van der Waals surface area contributed by atoms with Crippen LogP contribution in [0.4, 0.5) is 5.82 Å². The lowest BCUT2D eigenvalue weighted by atomic mass is 10.0. The van der Waals surface area contributed by atoms with Crippen LogP contribution in [-0.4, -0.2) is 48.8 Å². The smallest absolute Gasteiger partial charge is 0.129 e. The molecule has 1 aliphatic rings. The van der Waals surface area contributed by atoms with E-state index in [1.807, 2.05) is 6.92 Å². The number of aromatic nitrogens is 1. The summed E-state index contributed by atoms with van der Waals surface area (Å²) in [6, 6.07) is 5.50. The fourth-order valence-corrected chi connectivity index (χ4v) is 2.98. The first-order valence-corrected chi connectivity index (χ1v) is 9.13. The van der Waals surface area contributed by atoms with Crippen molar-refractivity contribution < 1.29 is 4.74 Å². The Hall–Kier alpha value is -1.13. The zero-order chi connectivity index (χ0) is 16.7. The summed E-state index contributed by atoms with van der Waals surface area (Å²) in [5.41, 5.74) is 2.59. The maximum Gasteiger partial charge on any atom is 0.129 e. The van der Waals surface area contributed by atoms with E-state index in [4.69, 9.17) is 9.72 Å². The van der Waals surface area contributed by atoms with Crippen molar-refractivity contribution in [1.29, 1.82) is 0 Å². The van der Waals surface area contributed by atoms with Gasteiger partial charge >= 0.3 is 0 Å². The lowest BCUT2D eigenvalue weighted by molar-refractivity contribution is 0.0845. The minimum atomic E-state index is 0.488. The van der Waals surface area contributed by atoms with Gasteiger partial charge in [0.15, 0.2) is 0 Å². The maximum atomic E-state index is 5.49. The molecule has 1 aromatic heterocycles. The van der Waals surface area contributed by atoms with Gasteiger partial charge in [0.25, 0.3) is 0 Å². The van der Waals surface area contributed by atoms with E-state index >= 15 is 0 Å². The van der Waals surface area contributed by atoms with Crippen LogP contribution in [0.25, 0.3) is 0 Å². The Labute approximate surface area is 141 Å². The summed E-state index contributed by atoms with van der Waals surface area (Å²) in [6.45, 7) is 9.25. The number of likely N-dealkylation sites (N-methyl/N-ethyl adjacent to an activating group) is 1. The van der Waals surface area contributed by atoms with Gasteiger partial charge in [-0.05, 0) is 78.1 Å². The van der Waals surface area contributed by atoms with Crippen molar-refractivity contribution in [3.05, 3.63) is 23.4 Å². The Balaban J connectivity index is 1.71. The van der Waals surface area contributed by atoms with Crippen molar-refractivity contribution in [2.24, 2.45) is 0 Å². The van der Waals surface area contributed by atoms with Gasteiger partial charge < -0.3 is 15.0 Å². The van der Waals surface area contributed by atoms with Crippen LogP contribution in [0.15, 0.2) is 12.1 Å². The van der Waals surface area contributed by atoms with Gasteiger partial charge in [0.1, 0.15) is 5.82 Å². The minimum absolute atomic E-state index is 0.488. The van der Waals surface area contributed by atoms with Gasteiger partial charge in [0, 0.05) is 24.4 Å². The predicted octanol–water partition coefficient (Wildman–Crippen LogP) is 3.51. The van der Waals surface area contributed by atoms with Gasteiger partial charge in [-0.1, -0.05) is 6.07 Å². The number of fused-ring (bicyclic) bond motifs is 1. The molecule has 2 atom stereocenters. The van der Waals surface area contributed by atoms with Crippen LogP contribution < -0.4 is 5.32 Å². The Kier molecular flexibility index (Phi) is 7.31. The van der Waals surface area contributed by atoms with E-state index < -0.39 is 0 Å². The third kappa shape index (κ3) is 5.78. The van der Waals surface area contributed by atoms with Crippen LogP contribution >= 0.6 is 0 Å². The first-order valence-electron chi connectivity index (χ1n) is 9.13. The molecule has 0 bridgehead atoms. The van der Waals surface area contributed by atoms with E-state index in [1.165, 1.54) is 30.5 Å². The molecule has 23 heavy (non-hydrogen) atoms.